The Balaban J connectivity index is 1.60. The molecule has 0 aliphatic rings. The molecule has 0 fully saturated rings. The Bertz CT molecular complexity index is 1260. The number of esters is 1. The minimum Gasteiger partial charge on any atom is -0.493 e. The van der Waals surface area contributed by atoms with Crippen molar-refractivity contribution >= 4 is 16.0 Å². The molecule has 1 aromatic heterocycles. The number of nitrogens with one attached hydrogen (secondary N) is 1. The molecule has 2 aromatic carbocycles. The fraction of sp³-hybridized carbons (Fsp3) is 0.333. The zero-order chi connectivity index (χ0) is 26.3. The molecule has 0 radical (unpaired) electrons. The predicted molar refractivity (Wildman–Crippen MR) is 125 cm³/mol. The summed E-state index contributed by atoms with van der Waals surface area (Å²) in [7, 11) is -5.74. The second-order valence-corrected chi connectivity index (χ2v) is 9.41. The highest BCUT2D eigenvalue weighted by Gasteiger charge is 2.47. The van der Waals surface area contributed by atoms with E-state index in [-0.39, 0.29) is 19.6 Å². The van der Waals surface area contributed by atoms with E-state index in [1.165, 1.54) is 23.8 Å². The molecule has 0 aliphatic heterocycles. The number of ether oxygens (including phenoxy) is 2. The molecule has 0 spiro atoms. The number of halogens is 3. The van der Waals surface area contributed by atoms with Crippen molar-refractivity contribution in [2.24, 2.45) is 0 Å². The monoisotopic (exact) mass is 526 g/mol. The molecule has 12 heteroatoms. The number of hydrogen-bond donors (Lipinski definition) is 1. The first-order valence-electron chi connectivity index (χ1n) is 11.0. The Morgan fingerprint density at radius 1 is 1.11 bits per heavy atom. The first-order chi connectivity index (χ1) is 17.0. The fourth-order valence-corrected chi connectivity index (χ4v) is 3.95. The quantitative estimate of drug-likeness (QED) is 0.374. The maximum atomic E-state index is 12.8. The average Bonchev–Trinajstić information content (AvgIpc) is 3.20. The fourth-order valence-electron chi connectivity index (χ4n) is 3.26. The molecule has 1 N–H and O–H groups in total. The largest absolute Gasteiger partial charge is 0.511 e. The number of oxazole rings is 1. The average molecular weight is 527 g/mol. The molecule has 3 aromatic rings. The summed E-state index contributed by atoms with van der Waals surface area (Å²) in [5, 5.41) is 0. The molecule has 0 saturated heterocycles. The third-order valence-electron chi connectivity index (χ3n) is 5.06. The van der Waals surface area contributed by atoms with Crippen molar-refractivity contribution in [3.63, 3.8) is 0 Å². The number of rotatable bonds is 11. The summed E-state index contributed by atoms with van der Waals surface area (Å²) in [6.45, 7) is 3.45. The predicted octanol–water partition coefficient (Wildman–Crippen LogP) is 4.18. The summed E-state index contributed by atoms with van der Waals surface area (Å²) in [6.07, 6.45) is 0.142. The Labute approximate surface area is 206 Å². The first kappa shape index (κ1) is 27.2. The highest BCUT2D eigenvalue weighted by atomic mass is 32.2. The summed E-state index contributed by atoms with van der Waals surface area (Å²) in [5.74, 6) is 0.569. The zero-order valence-electron chi connectivity index (χ0n) is 19.5. The lowest BCUT2D eigenvalue weighted by Gasteiger charge is -2.18. The second kappa shape index (κ2) is 11.6. The summed E-state index contributed by atoms with van der Waals surface area (Å²) < 4.78 is 78.8. The highest BCUT2D eigenvalue weighted by molar-refractivity contribution is 7.90. The number of aromatic nitrogens is 1. The number of aryl methyl sites for hydroxylation is 1. The van der Waals surface area contributed by atoms with E-state index >= 15 is 0 Å². The Morgan fingerprint density at radius 2 is 1.78 bits per heavy atom. The molecule has 194 valence electrons. The van der Waals surface area contributed by atoms with E-state index in [1.54, 1.807) is 12.1 Å². The van der Waals surface area contributed by atoms with Gasteiger partial charge in [-0.15, -0.1) is 0 Å². The van der Waals surface area contributed by atoms with Gasteiger partial charge in [-0.3, -0.25) is 4.79 Å². The van der Waals surface area contributed by atoms with Crippen molar-refractivity contribution in [1.82, 2.24) is 9.71 Å². The van der Waals surface area contributed by atoms with E-state index in [2.05, 4.69) is 4.98 Å². The molecule has 1 atom stereocenters. The minimum absolute atomic E-state index is 0.117. The van der Waals surface area contributed by atoms with Gasteiger partial charge in [-0.2, -0.15) is 17.9 Å². The van der Waals surface area contributed by atoms with E-state index in [0.717, 1.165) is 11.3 Å². The van der Waals surface area contributed by atoms with Crippen molar-refractivity contribution in [2.45, 2.75) is 38.2 Å². The van der Waals surface area contributed by atoms with E-state index in [4.69, 9.17) is 13.9 Å². The minimum atomic E-state index is -5.74. The molecule has 3 rings (SSSR count). The van der Waals surface area contributed by atoms with Crippen LogP contribution in [0.4, 0.5) is 13.2 Å². The van der Waals surface area contributed by atoms with E-state index in [1.807, 2.05) is 37.3 Å². The summed E-state index contributed by atoms with van der Waals surface area (Å²) in [4.78, 5) is 16.6. The van der Waals surface area contributed by atoms with Gasteiger partial charge in [0, 0.05) is 12.0 Å². The van der Waals surface area contributed by atoms with E-state index < -0.39 is 27.5 Å². The van der Waals surface area contributed by atoms with Crippen LogP contribution in [0, 0.1) is 6.92 Å². The van der Waals surface area contributed by atoms with Gasteiger partial charge < -0.3 is 13.9 Å². The van der Waals surface area contributed by atoms with Crippen LogP contribution in [0.5, 0.6) is 5.75 Å². The van der Waals surface area contributed by atoms with Gasteiger partial charge in [-0.25, -0.2) is 13.4 Å². The van der Waals surface area contributed by atoms with Crippen LogP contribution in [0.2, 0.25) is 0 Å². The molecule has 1 heterocycles. The van der Waals surface area contributed by atoms with Crippen LogP contribution >= 0.6 is 0 Å². The summed E-state index contributed by atoms with van der Waals surface area (Å²) >= 11 is 0. The third-order valence-corrected chi connectivity index (χ3v) is 6.26. The lowest BCUT2D eigenvalue weighted by atomic mass is 10.1. The van der Waals surface area contributed by atoms with Crippen LogP contribution in [0.15, 0.2) is 59.0 Å². The maximum absolute atomic E-state index is 12.8. The topological polar surface area (TPSA) is 108 Å². The number of sulfonamides is 1. The van der Waals surface area contributed by atoms with Gasteiger partial charge in [0.1, 0.15) is 17.6 Å². The van der Waals surface area contributed by atoms with Crippen molar-refractivity contribution < 1.29 is 40.3 Å². The molecular weight excluding hydrogens is 501 g/mol. The maximum Gasteiger partial charge on any atom is 0.511 e. The standard InChI is InChI=1S/C24H25F3N2O6S/c1-3-33-23(30)21(29-36(31,32)24(25,26)27)15-17-9-11-19(12-10-17)34-14-13-20-16(2)35-22(28-20)18-7-5-4-6-8-18/h4-12,21,29H,3,13-15H2,1-2H3. The van der Waals surface area contributed by atoms with Crippen molar-refractivity contribution in [3.8, 4) is 17.2 Å². The van der Waals surface area contributed by atoms with Gasteiger partial charge in [0.05, 0.1) is 18.9 Å². The lowest BCUT2D eigenvalue weighted by Crippen LogP contribution is -2.48. The summed E-state index contributed by atoms with van der Waals surface area (Å²) in [6, 6.07) is 13.9. The van der Waals surface area contributed by atoms with Gasteiger partial charge in [0.2, 0.25) is 5.89 Å². The molecule has 0 bridgehead atoms. The van der Waals surface area contributed by atoms with Gasteiger partial charge in [-0.1, -0.05) is 30.3 Å². The van der Waals surface area contributed by atoms with Crippen molar-refractivity contribution in [3.05, 3.63) is 71.6 Å². The molecule has 36 heavy (non-hydrogen) atoms. The third kappa shape index (κ3) is 7.08. The van der Waals surface area contributed by atoms with Crippen molar-refractivity contribution in [1.29, 1.82) is 0 Å². The molecule has 1 unspecified atom stereocenters. The van der Waals surface area contributed by atoms with Gasteiger partial charge in [0.15, 0.2) is 0 Å². The number of hydrogen-bond acceptors (Lipinski definition) is 7. The van der Waals surface area contributed by atoms with Crippen LogP contribution < -0.4 is 9.46 Å². The second-order valence-electron chi connectivity index (χ2n) is 7.71. The Morgan fingerprint density at radius 3 is 2.39 bits per heavy atom. The lowest BCUT2D eigenvalue weighted by molar-refractivity contribution is -0.145. The Kier molecular flexibility index (Phi) is 8.75. The molecular formula is C24H25F3N2O6S. The molecule has 0 saturated carbocycles. The highest BCUT2D eigenvalue weighted by Crippen LogP contribution is 2.24. The SMILES string of the molecule is CCOC(=O)C(Cc1ccc(OCCc2nc(-c3ccccc3)oc2C)cc1)NS(=O)(=O)C(F)(F)F. The smallest absolute Gasteiger partial charge is 0.493 e. The van der Waals surface area contributed by atoms with Crippen LogP contribution in [0.3, 0.4) is 0 Å². The Hall–Kier alpha value is -3.38. The zero-order valence-corrected chi connectivity index (χ0v) is 20.4. The first-order valence-corrected chi connectivity index (χ1v) is 12.5. The van der Waals surface area contributed by atoms with Gasteiger partial charge in [0.25, 0.3) is 0 Å². The van der Waals surface area contributed by atoms with Gasteiger partial charge in [-0.05, 0) is 50.1 Å². The molecule has 0 amide bonds. The van der Waals surface area contributed by atoms with Crippen molar-refractivity contribution in [2.75, 3.05) is 13.2 Å². The number of carbonyl (C=O) groups excluding carboxylic acids is 1. The number of benzene rings is 2. The van der Waals surface area contributed by atoms with E-state index in [0.29, 0.717) is 29.4 Å². The number of nitrogens with zero attached hydrogens (tertiary/aromatic N) is 1. The van der Waals surface area contributed by atoms with Crippen LogP contribution in [0.1, 0.15) is 23.9 Å². The van der Waals surface area contributed by atoms with Gasteiger partial charge >= 0.3 is 21.5 Å². The van der Waals surface area contributed by atoms with Crippen LogP contribution in [0.25, 0.3) is 11.5 Å². The normalized spacial score (nSPS) is 12.8. The number of carbonyl (C=O) groups is 1. The van der Waals surface area contributed by atoms with E-state index in [9.17, 15) is 26.4 Å². The molecule has 0 aliphatic carbocycles. The molecule has 8 nitrogen and oxygen atoms in total. The van der Waals surface area contributed by atoms with Crippen LogP contribution in [-0.2, 0) is 32.4 Å². The van der Waals surface area contributed by atoms with Crippen LogP contribution in [-0.4, -0.2) is 44.1 Å². The number of alkyl halides is 3. The summed E-state index contributed by atoms with van der Waals surface area (Å²) in [5.41, 5.74) is -3.54.